The van der Waals surface area contributed by atoms with Gasteiger partial charge in [-0.1, -0.05) is 12.1 Å². The van der Waals surface area contributed by atoms with Crippen molar-refractivity contribution in [2.24, 2.45) is 0 Å². The highest BCUT2D eigenvalue weighted by Crippen LogP contribution is 2.34. The van der Waals surface area contributed by atoms with Crippen LogP contribution < -0.4 is 10.3 Å². The van der Waals surface area contributed by atoms with Crippen LogP contribution in [-0.4, -0.2) is 48.0 Å². The molecular formula is C23H26N2O5. The van der Waals surface area contributed by atoms with E-state index in [1.54, 1.807) is 30.1 Å². The van der Waals surface area contributed by atoms with Crippen LogP contribution in [0.3, 0.4) is 0 Å². The van der Waals surface area contributed by atoms with Crippen LogP contribution in [0.25, 0.3) is 0 Å². The molecular weight excluding hydrogens is 384 g/mol. The van der Waals surface area contributed by atoms with Crippen LogP contribution in [0.2, 0.25) is 0 Å². The topological polar surface area (TPSA) is 77.1 Å². The van der Waals surface area contributed by atoms with Gasteiger partial charge in [0.1, 0.15) is 17.3 Å². The normalized spacial score (nSPS) is 15.8. The molecule has 3 heterocycles. The lowest BCUT2D eigenvalue weighted by atomic mass is 9.96. The molecule has 1 saturated heterocycles. The number of ether oxygens (including phenoxy) is 2. The molecule has 1 aliphatic heterocycles. The molecule has 7 nitrogen and oxygen atoms in total. The zero-order valence-corrected chi connectivity index (χ0v) is 17.2. The third-order valence-corrected chi connectivity index (χ3v) is 5.53. The minimum absolute atomic E-state index is 0.000467. The first-order chi connectivity index (χ1) is 14.6. The quantitative estimate of drug-likeness (QED) is 0.673. The fourth-order valence-electron chi connectivity index (χ4n) is 3.96. The van der Waals surface area contributed by atoms with E-state index in [9.17, 15) is 9.90 Å². The number of aromatic hydroxyl groups is 1. The second kappa shape index (κ2) is 8.77. The second-order valence-electron chi connectivity index (χ2n) is 7.38. The van der Waals surface area contributed by atoms with Crippen LogP contribution in [0, 0.1) is 6.92 Å². The number of furan rings is 1. The van der Waals surface area contributed by atoms with Gasteiger partial charge < -0.3 is 23.6 Å². The molecule has 1 N–H and O–H groups in total. The van der Waals surface area contributed by atoms with Crippen LogP contribution in [0.1, 0.15) is 28.6 Å². The Labute approximate surface area is 175 Å². The molecule has 7 heteroatoms. The van der Waals surface area contributed by atoms with Crippen LogP contribution in [-0.2, 0) is 11.3 Å². The molecule has 1 aromatic carbocycles. The highest BCUT2D eigenvalue weighted by Gasteiger charge is 2.30. The molecule has 0 bridgehead atoms. The van der Waals surface area contributed by atoms with Crippen molar-refractivity contribution >= 4 is 0 Å². The van der Waals surface area contributed by atoms with Crippen molar-refractivity contribution in [2.75, 3.05) is 33.4 Å². The summed E-state index contributed by atoms with van der Waals surface area (Å²) >= 11 is 0. The van der Waals surface area contributed by atoms with E-state index in [4.69, 9.17) is 13.9 Å². The molecule has 0 amide bonds. The molecule has 4 rings (SSSR count). The first kappa shape index (κ1) is 20.3. The molecule has 2 aromatic heterocycles. The molecule has 158 valence electrons. The number of aryl methyl sites for hydroxylation is 1. The van der Waals surface area contributed by atoms with Crippen molar-refractivity contribution < 1.29 is 19.0 Å². The number of aromatic nitrogens is 1. The van der Waals surface area contributed by atoms with Gasteiger partial charge in [-0.05, 0) is 42.8 Å². The molecule has 0 saturated carbocycles. The summed E-state index contributed by atoms with van der Waals surface area (Å²) in [6, 6.07) is 12.5. The summed E-state index contributed by atoms with van der Waals surface area (Å²) < 4.78 is 17.9. The summed E-state index contributed by atoms with van der Waals surface area (Å²) in [6.07, 6.45) is 1.59. The molecule has 1 fully saturated rings. The van der Waals surface area contributed by atoms with Crippen molar-refractivity contribution in [1.82, 2.24) is 9.47 Å². The lowest BCUT2D eigenvalue weighted by Gasteiger charge is -2.35. The highest BCUT2D eigenvalue weighted by molar-refractivity contribution is 5.42. The van der Waals surface area contributed by atoms with E-state index < -0.39 is 6.04 Å². The number of hydrogen-bond donors (Lipinski definition) is 1. The molecule has 30 heavy (non-hydrogen) atoms. The molecule has 1 aliphatic rings. The van der Waals surface area contributed by atoms with Crippen molar-refractivity contribution in [1.29, 1.82) is 0 Å². The van der Waals surface area contributed by atoms with E-state index in [0.717, 1.165) is 11.3 Å². The van der Waals surface area contributed by atoms with Crippen molar-refractivity contribution in [3.8, 4) is 11.5 Å². The Kier molecular flexibility index (Phi) is 5.92. The number of pyridine rings is 1. The van der Waals surface area contributed by atoms with E-state index in [2.05, 4.69) is 4.90 Å². The first-order valence-corrected chi connectivity index (χ1v) is 10.00. The van der Waals surface area contributed by atoms with E-state index >= 15 is 0 Å². The molecule has 1 atom stereocenters. The Morgan fingerprint density at radius 1 is 1.17 bits per heavy atom. The van der Waals surface area contributed by atoms with Gasteiger partial charge >= 0.3 is 0 Å². The number of morpholine rings is 1. The molecule has 0 spiro atoms. The van der Waals surface area contributed by atoms with E-state index in [0.29, 0.717) is 49.9 Å². The zero-order valence-electron chi connectivity index (χ0n) is 17.2. The van der Waals surface area contributed by atoms with Gasteiger partial charge in [0.25, 0.3) is 5.56 Å². The van der Waals surface area contributed by atoms with Crippen LogP contribution in [0.4, 0.5) is 0 Å². The van der Waals surface area contributed by atoms with Crippen molar-refractivity contribution in [3.63, 3.8) is 0 Å². The summed E-state index contributed by atoms with van der Waals surface area (Å²) in [7, 11) is 1.62. The van der Waals surface area contributed by atoms with Gasteiger partial charge in [0.05, 0.1) is 44.7 Å². The van der Waals surface area contributed by atoms with Crippen LogP contribution in [0.5, 0.6) is 11.5 Å². The Balaban J connectivity index is 1.83. The van der Waals surface area contributed by atoms with Crippen LogP contribution in [0.15, 0.2) is 57.9 Å². The van der Waals surface area contributed by atoms with E-state index in [1.165, 1.54) is 0 Å². The molecule has 3 aromatic rings. The third kappa shape index (κ3) is 3.99. The lowest BCUT2D eigenvalue weighted by Crippen LogP contribution is -2.42. The number of rotatable bonds is 6. The van der Waals surface area contributed by atoms with Crippen molar-refractivity contribution in [3.05, 3.63) is 81.7 Å². The lowest BCUT2D eigenvalue weighted by molar-refractivity contribution is 0.0232. The summed E-state index contributed by atoms with van der Waals surface area (Å²) in [5.41, 5.74) is 1.72. The van der Waals surface area contributed by atoms with Gasteiger partial charge in [0.15, 0.2) is 0 Å². The molecule has 0 unspecified atom stereocenters. The Bertz CT molecular complexity index is 1030. The maximum absolute atomic E-state index is 13.6. The van der Waals surface area contributed by atoms with E-state index in [1.807, 2.05) is 37.3 Å². The largest absolute Gasteiger partial charge is 0.507 e. The van der Waals surface area contributed by atoms with E-state index in [-0.39, 0.29) is 11.3 Å². The minimum Gasteiger partial charge on any atom is -0.507 e. The Morgan fingerprint density at radius 3 is 2.53 bits per heavy atom. The summed E-state index contributed by atoms with van der Waals surface area (Å²) in [6.45, 7) is 4.62. The maximum atomic E-state index is 13.6. The minimum atomic E-state index is -0.393. The van der Waals surface area contributed by atoms with Crippen molar-refractivity contribution in [2.45, 2.75) is 19.5 Å². The third-order valence-electron chi connectivity index (χ3n) is 5.53. The predicted octanol–water partition coefficient (Wildman–Crippen LogP) is 2.93. The summed E-state index contributed by atoms with van der Waals surface area (Å²) in [5.74, 6) is 1.42. The van der Waals surface area contributed by atoms with Gasteiger partial charge in [-0.15, -0.1) is 0 Å². The fourth-order valence-corrected chi connectivity index (χ4v) is 3.96. The van der Waals surface area contributed by atoms with Gasteiger partial charge in [-0.25, -0.2) is 0 Å². The zero-order chi connectivity index (χ0) is 21.1. The fraction of sp³-hybridized carbons (Fsp3) is 0.348. The molecule has 0 aliphatic carbocycles. The van der Waals surface area contributed by atoms with Gasteiger partial charge in [-0.2, -0.15) is 0 Å². The SMILES string of the molecule is COc1ccc([C@@H](c2c(O)cc(C)n(Cc3ccco3)c2=O)N2CCOCC2)cc1. The van der Waals surface area contributed by atoms with Gasteiger partial charge in [0.2, 0.25) is 0 Å². The summed E-state index contributed by atoms with van der Waals surface area (Å²) in [4.78, 5) is 15.8. The number of nitrogens with zero attached hydrogens (tertiary/aromatic N) is 2. The Morgan fingerprint density at radius 2 is 1.90 bits per heavy atom. The maximum Gasteiger partial charge on any atom is 0.260 e. The van der Waals surface area contributed by atoms with Gasteiger partial charge in [-0.3, -0.25) is 9.69 Å². The number of hydrogen-bond acceptors (Lipinski definition) is 6. The smallest absolute Gasteiger partial charge is 0.260 e. The highest BCUT2D eigenvalue weighted by atomic mass is 16.5. The molecule has 0 radical (unpaired) electrons. The monoisotopic (exact) mass is 410 g/mol. The predicted molar refractivity (Wildman–Crippen MR) is 112 cm³/mol. The number of benzene rings is 1. The first-order valence-electron chi connectivity index (χ1n) is 10.00. The summed E-state index contributed by atoms with van der Waals surface area (Å²) in [5, 5.41) is 10.9. The Hall–Kier alpha value is -3.03. The number of methoxy groups -OCH3 is 1. The average Bonchev–Trinajstić information content (AvgIpc) is 3.28. The average molecular weight is 410 g/mol. The standard InChI is InChI=1S/C23H26N2O5/c1-16-14-20(26)21(23(27)25(16)15-19-4-3-11-30-19)22(24-9-12-29-13-10-24)17-5-7-18(28-2)8-6-17/h3-8,11,14,22,26H,9-10,12-13,15H2,1-2H3/t22-/m0/s1. The van der Waals surface area contributed by atoms with Gasteiger partial charge in [0, 0.05) is 18.8 Å². The second-order valence-corrected chi connectivity index (χ2v) is 7.38. The van der Waals surface area contributed by atoms with Crippen LogP contribution >= 0.6 is 0 Å².